The number of hydrogen-bond acceptors (Lipinski definition) is 4. The fourth-order valence-electron chi connectivity index (χ4n) is 3.40. The van der Waals surface area contributed by atoms with Gasteiger partial charge < -0.3 is 10.2 Å². The van der Waals surface area contributed by atoms with Crippen molar-refractivity contribution in [3.8, 4) is 0 Å². The number of amides is 1. The first-order chi connectivity index (χ1) is 13.7. The summed E-state index contributed by atoms with van der Waals surface area (Å²) in [5, 5.41) is 2.76. The van der Waals surface area contributed by atoms with E-state index in [9.17, 15) is 9.18 Å². The van der Waals surface area contributed by atoms with E-state index in [4.69, 9.17) is 0 Å². The van der Waals surface area contributed by atoms with E-state index in [-0.39, 0.29) is 17.4 Å². The van der Waals surface area contributed by atoms with Crippen molar-refractivity contribution < 1.29 is 9.18 Å². The highest BCUT2D eigenvalue weighted by Gasteiger charge is 2.18. The number of nitrogens with one attached hydrogen (secondary N) is 1. The highest BCUT2D eigenvalue weighted by molar-refractivity contribution is 5.92. The monoisotopic (exact) mass is 376 g/mol. The maximum atomic E-state index is 13.6. The van der Waals surface area contributed by atoms with Gasteiger partial charge in [-0.15, -0.1) is 0 Å². The highest BCUT2D eigenvalue weighted by Crippen LogP contribution is 2.22. The van der Waals surface area contributed by atoms with Gasteiger partial charge in [-0.1, -0.05) is 42.5 Å². The second-order valence-electron chi connectivity index (χ2n) is 6.80. The minimum absolute atomic E-state index is 0.259. The van der Waals surface area contributed by atoms with Crippen LogP contribution in [0.5, 0.6) is 0 Å². The molecule has 0 fully saturated rings. The van der Waals surface area contributed by atoms with Crippen LogP contribution in [-0.2, 0) is 19.4 Å². The van der Waals surface area contributed by atoms with Gasteiger partial charge in [0.25, 0.3) is 5.91 Å². The van der Waals surface area contributed by atoms with E-state index < -0.39 is 0 Å². The first kappa shape index (κ1) is 18.1. The van der Waals surface area contributed by atoms with E-state index in [0.29, 0.717) is 18.5 Å². The Hall–Kier alpha value is -3.28. The Kier molecular flexibility index (Phi) is 5.28. The number of carbonyl (C=O) groups excluding carboxylic acids is 1. The lowest BCUT2D eigenvalue weighted by molar-refractivity contribution is 0.0948. The molecule has 3 aromatic rings. The summed E-state index contributed by atoms with van der Waals surface area (Å²) in [6.45, 7) is 2.00. The number of aromatic nitrogens is 2. The van der Waals surface area contributed by atoms with Crippen LogP contribution in [0.15, 0.2) is 60.9 Å². The normalized spacial score (nSPS) is 13.1. The first-order valence-electron chi connectivity index (χ1n) is 9.36. The number of benzene rings is 2. The van der Waals surface area contributed by atoms with Crippen LogP contribution >= 0.6 is 0 Å². The zero-order chi connectivity index (χ0) is 19.3. The highest BCUT2D eigenvalue weighted by atomic mass is 19.1. The van der Waals surface area contributed by atoms with Crippen LogP contribution in [0.4, 0.5) is 10.2 Å². The van der Waals surface area contributed by atoms with E-state index in [1.165, 1.54) is 23.4 Å². The Labute approximate surface area is 163 Å². The van der Waals surface area contributed by atoms with Crippen molar-refractivity contribution >= 4 is 11.7 Å². The van der Waals surface area contributed by atoms with Crippen molar-refractivity contribution in [3.05, 3.63) is 89.1 Å². The van der Waals surface area contributed by atoms with E-state index >= 15 is 0 Å². The third-order valence-electron chi connectivity index (χ3n) is 4.96. The Bertz CT molecular complexity index is 974. The molecular formula is C22H21FN4O. The Balaban J connectivity index is 1.34. The smallest absolute Gasteiger partial charge is 0.271 e. The Morgan fingerprint density at radius 1 is 1.04 bits per heavy atom. The molecule has 1 amide bonds. The lowest BCUT2D eigenvalue weighted by Crippen LogP contribution is -2.31. The van der Waals surface area contributed by atoms with Crippen molar-refractivity contribution in [1.82, 2.24) is 15.3 Å². The second-order valence-corrected chi connectivity index (χ2v) is 6.80. The molecule has 0 saturated carbocycles. The summed E-state index contributed by atoms with van der Waals surface area (Å²) in [6, 6.07) is 15.0. The van der Waals surface area contributed by atoms with Gasteiger partial charge in [-0.05, 0) is 35.6 Å². The van der Waals surface area contributed by atoms with E-state index in [1.54, 1.807) is 24.4 Å². The number of nitrogens with zero attached hydrogens (tertiary/aromatic N) is 3. The van der Waals surface area contributed by atoms with Crippen LogP contribution < -0.4 is 10.2 Å². The minimum atomic E-state index is -0.306. The molecule has 142 valence electrons. The molecule has 6 heteroatoms. The van der Waals surface area contributed by atoms with Gasteiger partial charge in [0.1, 0.15) is 17.3 Å². The summed E-state index contributed by atoms with van der Waals surface area (Å²) in [4.78, 5) is 23.1. The molecule has 2 heterocycles. The third kappa shape index (κ3) is 4.01. The molecule has 4 rings (SSSR count). The van der Waals surface area contributed by atoms with Crippen LogP contribution in [-0.4, -0.2) is 29.0 Å². The van der Waals surface area contributed by atoms with E-state index in [1.807, 2.05) is 6.07 Å². The predicted molar refractivity (Wildman–Crippen MR) is 106 cm³/mol. The molecule has 1 aliphatic rings. The number of hydrogen-bond donors (Lipinski definition) is 1. The van der Waals surface area contributed by atoms with E-state index in [2.05, 4.69) is 38.4 Å². The molecule has 0 spiro atoms. The molecule has 0 unspecified atom stereocenters. The second kappa shape index (κ2) is 8.17. The number of anilines is 1. The molecular weight excluding hydrogens is 355 g/mol. The molecule has 0 saturated heterocycles. The van der Waals surface area contributed by atoms with Gasteiger partial charge in [0.2, 0.25) is 0 Å². The SMILES string of the molecule is O=C(NCCc1ccccc1F)c1cnc(N2CCc3ccccc3C2)cn1. The van der Waals surface area contributed by atoms with Gasteiger partial charge in [0.15, 0.2) is 0 Å². The summed E-state index contributed by atoms with van der Waals surface area (Å²) in [7, 11) is 0. The van der Waals surface area contributed by atoms with Gasteiger partial charge in [-0.3, -0.25) is 4.79 Å². The summed E-state index contributed by atoms with van der Waals surface area (Å²) >= 11 is 0. The molecule has 0 atom stereocenters. The molecule has 5 nitrogen and oxygen atoms in total. The van der Waals surface area contributed by atoms with Crippen molar-refractivity contribution in [2.24, 2.45) is 0 Å². The summed E-state index contributed by atoms with van der Waals surface area (Å²) in [5.74, 6) is 0.195. The van der Waals surface area contributed by atoms with E-state index in [0.717, 1.165) is 25.3 Å². The zero-order valence-electron chi connectivity index (χ0n) is 15.4. The van der Waals surface area contributed by atoms with Crippen LogP contribution in [0.3, 0.4) is 0 Å². The first-order valence-corrected chi connectivity index (χ1v) is 9.36. The van der Waals surface area contributed by atoms with Gasteiger partial charge in [0, 0.05) is 19.6 Å². The fraction of sp³-hybridized carbons (Fsp3) is 0.227. The molecule has 1 aliphatic heterocycles. The molecule has 1 aromatic heterocycles. The summed E-state index contributed by atoms with van der Waals surface area (Å²) in [6.07, 6.45) is 4.53. The standard InChI is InChI=1S/C22H21FN4O/c23-19-8-4-3-6-17(19)9-11-24-22(28)20-13-26-21(14-25-20)27-12-10-16-5-1-2-7-18(16)15-27/h1-8,13-14H,9-12,15H2,(H,24,28). The van der Waals surface area contributed by atoms with Crippen LogP contribution in [0.2, 0.25) is 0 Å². The van der Waals surface area contributed by atoms with Crippen LogP contribution in [0.25, 0.3) is 0 Å². The average Bonchev–Trinajstić information content (AvgIpc) is 2.75. The molecule has 0 radical (unpaired) electrons. The topological polar surface area (TPSA) is 58.1 Å². The van der Waals surface area contributed by atoms with Crippen LogP contribution in [0.1, 0.15) is 27.2 Å². The lowest BCUT2D eigenvalue weighted by Gasteiger charge is -2.29. The summed E-state index contributed by atoms with van der Waals surface area (Å²) in [5.41, 5.74) is 3.51. The summed E-state index contributed by atoms with van der Waals surface area (Å²) < 4.78 is 13.6. The molecule has 0 bridgehead atoms. The number of carbonyl (C=O) groups is 1. The van der Waals surface area contributed by atoms with Crippen molar-refractivity contribution in [1.29, 1.82) is 0 Å². The largest absolute Gasteiger partial charge is 0.351 e. The Morgan fingerprint density at radius 2 is 1.82 bits per heavy atom. The molecule has 1 N–H and O–H groups in total. The van der Waals surface area contributed by atoms with Gasteiger partial charge in [0.05, 0.1) is 12.4 Å². The molecule has 2 aromatic carbocycles. The zero-order valence-corrected chi connectivity index (χ0v) is 15.4. The average molecular weight is 376 g/mol. The molecule has 28 heavy (non-hydrogen) atoms. The van der Waals surface area contributed by atoms with Crippen molar-refractivity contribution in [2.45, 2.75) is 19.4 Å². The minimum Gasteiger partial charge on any atom is -0.351 e. The van der Waals surface area contributed by atoms with Gasteiger partial charge in [-0.2, -0.15) is 0 Å². The van der Waals surface area contributed by atoms with Crippen molar-refractivity contribution in [3.63, 3.8) is 0 Å². The number of halogens is 1. The predicted octanol–water partition coefficient (Wildman–Crippen LogP) is 3.15. The lowest BCUT2D eigenvalue weighted by atomic mass is 10.0. The number of rotatable bonds is 5. The van der Waals surface area contributed by atoms with Crippen molar-refractivity contribution in [2.75, 3.05) is 18.0 Å². The maximum absolute atomic E-state index is 13.6. The van der Waals surface area contributed by atoms with Gasteiger partial charge in [-0.25, -0.2) is 14.4 Å². The fourth-order valence-corrected chi connectivity index (χ4v) is 3.40. The quantitative estimate of drug-likeness (QED) is 0.743. The number of fused-ring (bicyclic) bond motifs is 1. The van der Waals surface area contributed by atoms with Crippen LogP contribution in [0, 0.1) is 5.82 Å². The third-order valence-corrected chi connectivity index (χ3v) is 4.96. The Morgan fingerprint density at radius 3 is 2.61 bits per heavy atom. The van der Waals surface area contributed by atoms with Gasteiger partial charge >= 0.3 is 0 Å². The molecule has 0 aliphatic carbocycles. The maximum Gasteiger partial charge on any atom is 0.271 e.